The van der Waals surface area contributed by atoms with Gasteiger partial charge in [-0.3, -0.25) is 33.6 Å². The van der Waals surface area contributed by atoms with Gasteiger partial charge in [0.25, 0.3) is 13.9 Å². The quantitative estimate of drug-likeness (QED) is 0.0419. The maximum Gasteiger partial charge on any atom is 0.263 e. The Hall–Kier alpha value is -7.04. The van der Waals surface area contributed by atoms with Crippen LogP contribution in [-0.4, -0.2) is 201 Å². The van der Waals surface area contributed by atoms with Gasteiger partial charge >= 0.3 is 0 Å². The van der Waals surface area contributed by atoms with Gasteiger partial charge in [0.1, 0.15) is 65.6 Å². The van der Waals surface area contributed by atoms with Crippen LogP contribution in [0.4, 0.5) is 0 Å². The van der Waals surface area contributed by atoms with E-state index >= 15 is 0 Å². The van der Waals surface area contributed by atoms with Gasteiger partial charge in [0, 0.05) is 37.4 Å². The van der Waals surface area contributed by atoms with Crippen LogP contribution < -0.4 is 41.5 Å². The number of rotatable bonds is 15. The number of hydrogen-bond acceptors (Lipinski definition) is 19. The predicted octanol–water partition coefficient (Wildman–Crippen LogP) is -2.90. The Kier molecular flexibility index (Phi) is 21.9. The molecule has 3 saturated heterocycles. The summed E-state index contributed by atoms with van der Waals surface area (Å²) in [6.07, 6.45) is -14.2. The molecule has 0 bridgehead atoms. The first-order valence-electron chi connectivity index (χ1n) is 27.9. The molecule has 85 heavy (non-hydrogen) atoms. The lowest BCUT2D eigenvalue weighted by molar-refractivity contribution is -0.203. The molecule has 15 N–H and O–H groups in total. The second-order valence-electron chi connectivity index (χ2n) is 21.8. The average molecular weight is 1200 g/mol. The van der Waals surface area contributed by atoms with Gasteiger partial charge in [0.2, 0.25) is 35.4 Å². The molecule has 15 atom stereocenters. The van der Waals surface area contributed by atoms with Crippen LogP contribution in [0.25, 0.3) is 22.3 Å². The van der Waals surface area contributed by atoms with Gasteiger partial charge in [-0.05, 0) is 84.5 Å². The van der Waals surface area contributed by atoms with Crippen molar-refractivity contribution in [1.29, 1.82) is 0 Å². The summed E-state index contributed by atoms with van der Waals surface area (Å²) in [4.78, 5) is 133. The summed E-state index contributed by atoms with van der Waals surface area (Å²) in [5.74, 6) is -8.79. The Morgan fingerprint density at radius 1 is 0.659 bits per heavy atom. The van der Waals surface area contributed by atoms with Crippen molar-refractivity contribution in [2.75, 3.05) is 19.7 Å². The number of fused-ring (bicyclic) bond motifs is 2. The van der Waals surface area contributed by atoms with Crippen molar-refractivity contribution in [3.8, 4) is 28.0 Å². The number of carbonyl (C=O) groups is 7. The molecule has 26 nitrogen and oxygen atoms in total. The summed E-state index contributed by atoms with van der Waals surface area (Å²) in [6, 6.07) is 13.4. The van der Waals surface area contributed by atoms with Gasteiger partial charge in [0.05, 0.1) is 31.0 Å². The summed E-state index contributed by atoms with van der Waals surface area (Å²) in [5.41, 5.74) is 3.12. The molecule has 3 aliphatic rings. The van der Waals surface area contributed by atoms with E-state index in [1.807, 2.05) is 48.5 Å². The molecule has 4 aromatic carbocycles. The van der Waals surface area contributed by atoms with Crippen molar-refractivity contribution in [1.82, 2.24) is 36.4 Å². The second kappa shape index (κ2) is 28.4. The lowest BCUT2D eigenvalue weighted by atomic mass is 9.97. The summed E-state index contributed by atoms with van der Waals surface area (Å²) in [6.45, 7) is 5.29. The highest BCUT2D eigenvalue weighted by Gasteiger charge is 2.50. The molecule has 27 heteroatoms. The summed E-state index contributed by atoms with van der Waals surface area (Å²) in [7, 11) is -4.81. The third-order valence-corrected chi connectivity index (χ3v) is 16.3. The fourth-order valence-electron chi connectivity index (χ4n) is 10.4. The lowest BCUT2D eigenvalue weighted by Crippen LogP contribution is -2.64. The number of aliphatic hydroxyl groups excluding tert-OH is 8. The normalized spacial score (nSPS) is 27.2. The van der Waals surface area contributed by atoms with Crippen LogP contribution in [0.2, 0.25) is 0 Å². The smallest absolute Gasteiger partial charge is 0.263 e. The van der Waals surface area contributed by atoms with Crippen LogP contribution in [0, 0.1) is 5.92 Å². The lowest BCUT2D eigenvalue weighted by Gasteiger charge is -2.34. The predicted molar refractivity (Wildman–Crippen MR) is 303 cm³/mol. The maximum atomic E-state index is 14.5. The Bertz CT molecular complexity index is 2990. The Labute approximate surface area is 490 Å². The van der Waals surface area contributed by atoms with Gasteiger partial charge in [-0.2, -0.15) is 0 Å². The van der Waals surface area contributed by atoms with E-state index in [-0.39, 0.29) is 11.1 Å². The van der Waals surface area contributed by atoms with Gasteiger partial charge in [-0.15, -0.1) is 0 Å². The first-order valence-corrected chi connectivity index (χ1v) is 29.5. The minimum Gasteiger partial charge on any atom is -0.627 e. The standard InChI is InChI=1S/C58H74N7O19P/c1-5-6-7-24-84-39-20-16-35(17-21-39)33-10-8-32(9-11-33)34-12-14-37(15-13-34)51(73)59-41-26-43(69)54(76)63-56(78)47-48(70)29(2)27-65(47)58(80)45(31(4)67)61-55(77)46(50(72)49(71)36-18-22-40(23-19-36)85(81,82)83)62-53(75)42-25-38(68)28-64(42)57(79)44(30(3)66)60-52(41)74/h8-23,29-31,38,41-50,54,66-72,76H,5-7,24-28H2,1-4H3,(H,59,73)(H,60,74)(H,61,77)(H,62,75)(H,63,78)(H2,81,82,83)/t29-,30+,31+,38+,41-,42-,43+,44-,45-,46-,47-,48-,49-,50-,54+/m0/s1. The molecule has 7 rings (SSSR count). The van der Waals surface area contributed by atoms with Crippen LogP contribution in [0.15, 0.2) is 97.1 Å². The Morgan fingerprint density at radius 2 is 1.18 bits per heavy atom. The number of unbranched alkanes of at least 4 members (excludes halogenated alkanes) is 2. The zero-order valence-electron chi connectivity index (χ0n) is 47.0. The largest absolute Gasteiger partial charge is 0.627 e. The number of nitrogens with zero attached hydrogens (tertiary/aromatic N) is 2. The second-order valence-corrected chi connectivity index (χ2v) is 23.4. The molecule has 0 aliphatic carbocycles. The van der Waals surface area contributed by atoms with E-state index in [0.717, 1.165) is 89.6 Å². The number of amides is 7. The van der Waals surface area contributed by atoms with Crippen molar-refractivity contribution in [3.63, 3.8) is 0 Å². The third-order valence-electron chi connectivity index (χ3n) is 15.4. The highest BCUT2D eigenvalue weighted by atomic mass is 31.2. The molecule has 4 aromatic rings. The van der Waals surface area contributed by atoms with Crippen molar-refractivity contribution in [3.05, 3.63) is 108 Å². The topological polar surface area (TPSA) is 421 Å². The maximum absolute atomic E-state index is 14.5. The van der Waals surface area contributed by atoms with E-state index in [2.05, 4.69) is 33.5 Å². The molecular formula is C58H74N7O19P. The summed E-state index contributed by atoms with van der Waals surface area (Å²) in [5, 5.41) is 101. The molecule has 0 aromatic heterocycles. The summed E-state index contributed by atoms with van der Waals surface area (Å²) < 4.78 is 5.84. The van der Waals surface area contributed by atoms with Crippen molar-refractivity contribution >= 4 is 54.6 Å². The number of benzene rings is 4. The zero-order valence-corrected chi connectivity index (χ0v) is 47.9. The molecule has 0 radical (unpaired) electrons. The number of ether oxygens (including phenoxy) is 1. The van der Waals surface area contributed by atoms with Gasteiger partial charge in [-0.25, -0.2) is 9.79 Å². The van der Waals surface area contributed by atoms with Crippen molar-refractivity contribution < 1.29 is 93.8 Å². The van der Waals surface area contributed by atoms with Gasteiger partial charge < -0.3 is 86.9 Å². The summed E-state index contributed by atoms with van der Waals surface area (Å²) >= 11 is 0. The third kappa shape index (κ3) is 15.9. The first-order chi connectivity index (χ1) is 40.2. The fourth-order valence-corrected chi connectivity index (χ4v) is 11.0. The molecule has 3 fully saturated rings. The molecule has 460 valence electrons. The van der Waals surface area contributed by atoms with Crippen molar-refractivity contribution in [2.24, 2.45) is 5.92 Å². The Morgan fingerprint density at radius 3 is 1.72 bits per heavy atom. The van der Waals surface area contributed by atoms with E-state index in [9.17, 15) is 89.1 Å². The monoisotopic (exact) mass is 1200 g/mol. The molecule has 7 amide bonds. The molecular weight excluding hydrogens is 1130 g/mol. The number of hydrogen-bond donors (Lipinski definition) is 15. The highest BCUT2D eigenvalue weighted by Crippen LogP contribution is 2.38. The van der Waals surface area contributed by atoms with Gasteiger partial charge in [0.15, 0.2) is 6.23 Å². The molecule has 3 heterocycles. The average Bonchev–Trinajstić information content (AvgIpc) is 2.86. The fraction of sp³-hybridized carbons (Fsp3) is 0.466. The molecule has 0 unspecified atom stereocenters. The Balaban J connectivity index is 1.18. The number of carbonyl (C=O) groups excluding carboxylic acids is 7. The SMILES string of the molecule is CCCCCOc1ccc(-c2ccc(-c3ccc(C(=O)N[C@H]4C[C@@H](O)[C@@H](O)NC(=O)[C@@H]5[C@@H](O)[C@@H](C)CN5C(=O)[C@H]([C@@H](C)O)NC(=O)[C@H]([C@H](O)[C@@H](O)c5ccc([P+]([O-])(O)O)cc5)NC(=O)[C@@H]5C[C@@H](O)CN5C(=O)[C@H]([C@@H](C)O)NC4=O)cc3)cc2)cc1. The van der Waals surface area contributed by atoms with Crippen LogP contribution in [0.3, 0.4) is 0 Å². The van der Waals surface area contributed by atoms with Crippen LogP contribution in [0.5, 0.6) is 5.75 Å². The minimum atomic E-state index is -4.81. The van der Waals surface area contributed by atoms with E-state index in [0.29, 0.717) is 12.2 Å². The van der Waals surface area contributed by atoms with E-state index < -0.39 is 172 Å². The molecule has 0 spiro atoms. The van der Waals surface area contributed by atoms with E-state index in [1.165, 1.54) is 19.1 Å². The molecule has 3 aliphatic heterocycles. The van der Waals surface area contributed by atoms with E-state index in [1.54, 1.807) is 12.1 Å². The first kappa shape index (κ1) is 65.5. The minimum absolute atomic E-state index is 0.00903. The van der Waals surface area contributed by atoms with E-state index in [4.69, 9.17) is 4.74 Å². The molecule has 0 saturated carbocycles. The number of aliphatic hydroxyl groups is 8. The van der Waals surface area contributed by atoms with Crippen LogP contribution in [0.1, 0.15) is 81.8 Å². The van der Waals surface area contributed by atoms with Gasteiger partial charge in [-0.1, -0.05) is 87.4 Å². The zero-order chi connectivity index (χ0) is 62.2. The van der Waals surface area contributed by atoms with Crippen molar-refractivity contribution in [2.45, 2.75) is 145 Å². The number of nitrogens with one attached hydrogen (secondary N) is 5. The highest BCUT2D eigenvalue weighted by molar-refractivity contribution is 7.65. The van der Waals surface area contributed by atoms with Crippen LogP contribution in [-0.2, 0) is 28.8 Å². The van der Waals surface area contributed by atoms with Crippen LogP contribution >= 0.6 is 7.94 Å².